The van der Waals surface area contributed by atoms with Crippen molar-refractivity contribution in [2.24, 2.45) is 17.8 Å². The maximum Gasteiger partial charge on any atom is 0.397 e. The maximum atomic E-state index is 13.7. The Morgan fingerprint density at radius 2 is 1.59 bits per heavy atom. The van der Waals surface area contributed by atoms with Crippen LogP contribution in [0.4, 0.5) is 4.72 Å². The lowest BCUT2D eigenvalue weighted by molar-refractivity contribution is -0.161. The molecule has 2 rings (SSSR count). The molecule has 1 aliphatic rings. The van der Waals surface area contributed by atoms with E-state index in [0.29, 0.717) is 25.0 Å². The number of hydrogen-bond donors (Lipinski definition) is 3. The highest BCUT2D eigenvalue weighted by Crippen LogP contribution is 2.24. The molecule has 0 bridgehead atoms. The number of carboxylic acids is 1. The number of esters is 1. The number of hydrogen-bond acceptors (Lipinski definition) is 13. The second-order valence-electron chi connectivity index (χ2n) is 13.7. The van der Waals surface area contributed by atoms with Gasteiger partial charge in [0.1, 0.15) is 11.4 Å². The molecule has 0 unspecified atom stereocenters. The number of carboxylic acid groups (broad SMARTS) is 1. The van der Waals surface area contributed by atoms with E-state index in [2.05, 4.69) is 11.0 Å². The molecule has 19 heteroatoms. The number of nitrogens with one attached hydrogen (secondary N) is 1. The number of nitrogens with zero attached hydrogens (tertiary/aromatic N) is 1. The van der Waals surface area contributed by atoms with Crippen LogP contribution in [-0.4, -0.2) is 110 Å². The van der Waals surface area contributed by atoms with Crippen LogP contribution in [0.25, 0.3) is 0 Å². The average molecular weight is 838 g/mol. The Labute approximate surface area is 334 Å². The first-order valence-electron chi connectivity index (χ1n) is 17.6. The summed E-state index contributed by atoms with van der Waals surface area (Å²) in [7, 11) is -3.29. The van der Waals surface area contributed by atoms with Crippen LogP contribution in [0.15, 0.2) is 36.4 Å². The molecule has 0 radical (unpaired) electrons. The van der Waals surface area contributed by atoms with Crippen molar-refractivity contribution in [1.29, 1.82) is 1.45 Å². The molecular weight excluding hydrogens is 780 g/mol. The van der Waals surface area contributed by atoms with Gasteiger partial charge in [-0.25, -0.2) is 4.79 Å². The second kappa shape index (κ2) is 25.9. The third-order valence-corrected chi connectivity index (χ3v) is 8.85. The number of ether oxygens (including phenoxy) is 2. The quantitative estimate of drug-likeness (QED) is 0.0480. The minimum atomic E-state index is -4.16. The Kier molecular flexibility index (Phi) is 23.9. The van der Waals surface area contributed by atoms with Gasteiger partial charge in [0.25, 0.3) is 13.3 Å². The summed E-state index contributed by atoms with van der Waals surface area (Å²) in [6.45, 7) is 8.39. The van der Waals surface area contributed by atoms with Gasteiger partial charge in [-0.1, -0.05) is 39.8 Å². The molecule has 16 nitrogen and oxygen atoms in total. The first-order valence-corrected chi connectivity index (χ1v) is 19.9. The molecular formula is C37H57FN2O14S2. The van der Waals surface area contributed by atoms with Crippen LogP contribution in [0.3, 0.4) is 0 Å². The number of carbonyl (C=O) groups excluding carboxylic acids is 6. The molecule has 0 saturated carbocycles. The van der Waals surface area contributed by atoms with Gasteiger partial charge in [0, 0.05) is 43.0 Å². The Morgan fingerprint density at radius 1 is 1.00 bits per heavy atom. The van der Waals surface area contributed by atoms with E-state index in [1.54, 1.807) is 46.8 Å². The lowest BCUT2D eigenvalue weighted by Crippen LogP contribution is -2.48. The van der Waals surface area contributed by atoms with Crippen LogP contribution in [0, 0.1) is 17.8 Å². The number of amides is 3. The van der Waals surface area contributed by atoms with Gasteiger partial charge in [-0.3, -0.25) is 47.1 Å². The lowest BCUT2D eigenvalue weighted by Gasteiger charge is -2.27. The van der Waals surface area contributed by atoms with E-state index in [4.69, 9.17) is 23.9 Å². The fourth-order valence-corrected chi connectivity index (χ4v) is 5.61. The van der Waals surface area contributed by atoms with Crippen molar-refractivity contribution in [2.75, 3.05) is 32.3 Å². The molecule has 3 amide bonds. The van der Waals surface area contributed by atoms with Crippen LogP contribution in [0.5, 0.6) is 5.75 Å². The molecule has 1 aliphatic heterocycles. The summed E-state index contributed by atoms with van der Waals surface area (Å²) in [6.07, 6.45) is 5.55. The summed E-state index contributed by atoms with van der Waals surface area (Å²) in [5, 5.41) is 11.7. The van der Waals surface area contributed by atoms with Crippen molar-refractivity contribution >= 4 is 63.4 Å². The largest absolute Gasteiger partial charge is 0.482 e. The number of Topliss-reactive ketones (excluding diaryl/α,β-unsaturated/α-hetero) is 2. The zero-order valence-corrected chi connectivity index (χ0v) is 33.7. The van der Waals surface area contributed by atoms with Gasteiger partial charge < -0.3 is 19.9 Å². The van der Waals surface area contributed by atoms with Crippen molar-refractivity contribution in [1.82, 2.24) is 10.2 Å². The summed E-state index contributed by atoms with van der Waals surface area (Å²) in [6, 6.07) is 5.18. The number of imide groups is 1. The van der Waals surface area contributed by atoms with Gasteiger partial charge in [-0.05, 0) is 70.1 Å². The molecule has 0 aliphatic carbocycles. The number of thioether (sulfide) groups is 1. The number of rotatable bonds is 22. The molecule has 0 aromatic heterocycles. The third kappa shape index (κ3) is 21.2. The van der Waals surface area contributed by atoms with Crippen LogP contribution in [-0.2, 0) is 48.1 Å². The van der Waals surface area contributed by atoms with Gasteiger partial charge >= 0.3 is 22.3 Å². The number of halogens is 1. The number of unbranched alkanes of at least 4 members (excludes halogenated alkanes) is 1. The number of aliphatic carboxylic acids is 1. The van der Waals surface area contributed by atoms with Crippen molar-refractivity contribution in [2.45, 2.75) is 92.2 Å². The fraction of sp³-hybridized carbons (Fsp3) is 0.595. The molecule has 0 fully saturated rings. The molecule has 1 aromatic rings. The summed E-state index contributed by atoms with van der Waals surface area (Å²) in [4.78, 5) is 89.4. The molecule has 1 aromatic carbocycles. The summed E-state index contributed by atoms with van der Waals surface area (Å²) >= 11 is 1.52. The van der Waals surface area contributed by atoms with Crippen LogP contribution >= 0.6 is 11.8 Å². The highest BCUT2D eigenvalue weighted by molar-refractivity contribution is 7.98. The van der Waals surface area contributed by atoms with Gasteiger partial charge in [-0.2, -0.15) is 20.2 Å². The monoisotopic (exact) mass is 837 g/mol. The van der Waals surface area contributed by atoms with E-state index in [-0.39, 0.29) is 73.8 Å². The number of carbonyl (C=O) groups is 7. The van der Waals surface area contributed by atoms with Crippen LogP contribution in [0.1, 0.15) is 90.9 Å². The van der Waals surface area contributed by atoms with E-state index >= 15 is 0 Å². The average Bonchev–Trinajstić information content (AvgIpc) is 3.44. The summed E-state index contributed by atoms with van der Waals surface area (Å²) in [5.41, 5.74) is -0.519. The maximum absolute atomic E-state index is 13.7. The number of benzene rings is 1. The van der Waals surface area contributed by atoms with Crippen molar-refractivity contribution in [3.05, 3.63) is 42.0 Å². The predicted molar refractivity (Wildman–Crippen MR) is 208 cm³/mol. The first-order chi connectivity index (χ1) is 26.1. The Balaban J connectivity index is 0. The molecule has 0 spiro atoms. The van der Waals surface area contributed by atoms with Crippen molar-refractivity contribution < 1.29 is 70.0 Å². The van der Waals surface area contributed by atoms with Gasteiger partial charge in [-0.15, -0.1) is 0 Å². The fourth-order valence-electron chi connectivity index (χ4n) is 5.09. The normalized spacial score (nSPS) is 14.1. The van der Waals surface area contributed by atoms with E-state index in [1.165, 1.54) is 36.0 Å². The lowest BCUT2D eigenvalue weighted by atomic mass is 9.88. The van der Waals surface area contributed by atoms with E-state index in [9.17, 15) is 42.0 Å². The van der Waals surface area contributed by atoms with E-state index in [1.807, 2.05) is 6.26 Å². The zero-order valence-electron chi connectivity index (χ0n) is 33.1. The Hall–Kier alpha value is -4.20. The van der Waals surface area contributed by atoms with Gasteiger partial charge in [0.05, 0.1) is 19.1 Å². The SMILES string of the molecule is C.COS(=O)(=O)O.CSCC[C@H](CC(=O)c1cccc(OCC(=O)O)c1)C(=O)N[C@H](C(=O)C[C@@H](CCCCN1C(=O)C=CC1=O)C(=O)OC(C)(C)C)C(C)C.[2H]F. The zero-order chi connectivity index (χ0) is 43.2. The van der Waals surface area contributed by atoms with E-state index < -0.39 is 58.3 Å². The van der Waals surface area contributed by atoms with Crippen molar-refractivity contribution in [3.63, 3.8) is 0 Å². The highest BCUT2D eigenvalue weighted by Gasteiger charge is 2.34. The predicted octanol–water partition coefficient (Wildman–Crippen LogP) is 4.47. The van der Waals surface area contributed by atoms with Crippen LogP contribution in [0.2, 0.25) is 0 Å². The molecule has 1 heterocycles. The number of ketones is 2. The topological polar surface area (TPSA) is 237 Å². The molecule has 56 heavy (non-hydrogen) atoms. The molecule has 318 valence electrons. The molecule has 3 N–H and O–H groups in total. The second-order valence-corrected chi connectivity index (χ2v) is 15.9. The van der Waals surface area contributed by atoms with Gasteiger partial charge in [0.15, 0.2) is 18.2 Å². The van der Waals surface area contributed by atoms with Crippen LogP contribution < -0.4 is 10.1 Å². The molecule has 3 atom stereocenters. The highest BCUT2D eigenvalue weighted by atomic mass is 32.3. The standard InChI is InChI=1S/C35H48N2O10S.CH4O4S.CH4.FH/c1-22(2)32(28(39)20-25(34(45)47-35(3,4)5)10-7-8-16-37-29(40)13-14-30(37)41)36-33(44)24(15-17-48-6)19-27(38)23-11-9-12-26(18-23)46-21-31(42)43;1-5-6(2,3)4;;/h9,11-14,18,22,24-25,32H,7-8,10,15-17,19-21H2,1-6H3,(H,36,44)(H,42,43);1H3,(H,2,3,4);1H4;1H/t24-,25-,32+;;;/m1.../s1/i/hD. The van der Waals surface area contributed by atoms with Gasteiger partial charge in [0.2, 0.25) is 5.91 Å². The summed E-state index contributed by atoms with van der Waals surface area (Å²) < 4.78 is 53.5. The first kappa shape index (κ1) is 51.8. The van der Waals surface area contributed by atoms with Crippen molar-refractivity contribution in [3.8, 4) is 5.75 Å². The smallest absolute Gasteiger partial charge is 0.397 e. The summed E-state index contributed by atoms with van der Waals surface area (Å²) in [5.74, 6) is -4.65. The van der Waals surface area contributed by atoms with E-state index in [0.717, 1.165) is 12.0 Å². The minimum absolute atomic E-state index is 0. The molecule has 0 saturated heterocycles. The minimum Gasteiger partial charge on any atom is -0.482 e. The Bertz CT molecular complexity index is 1620. The third-order valence-electron chi connectivity index (χ3n) is 7.79. The Morgan fingerprint density at radius 3 is 2.09 bits per heavy atom.